The molecule has 42 heavy (non-hydrogen) atoms. The van der Waals surface area contributed by atoms with Crippen LogP contribution in [0.25, 0.3) is 0 Å². The van der Waals surface area contributed by atoms with E-state index in [4.69, 9.17) is 4.74 Å². The summed E-state index contributed by atoms with van der Waals surface area (Å²) in [4.78, 5) is 26.6. The Kier molecular flexibility index (Phi) is 7.95. The molecule has 5 aromatic rings. The molecule has 3 N–H and O–H groups in total. The first-order chi connectivity index (χ1) is 20.6. The Bertz CT molecular complexity index is 1610. The van der Waals surface area contributed by atoms with Gasteiger partial charge in [-0.05, 0) is 65.4 Å². The van der Waals surface area contributed by atoms with E-state index in [-0.39, 0.29) is 11.9 Å². The van der Waals surface area contributed by atoms with Crippen molar-refractivity contribution in [3.05, 3.63) is 161 Å². The third-order valence-electron chi connectivity index (χ3n) is 7.35. The molecule has 208 valence electrons. The molecule has 0 heterocycles. The molecular formula is C36H31N3O3. The van der Waals surface area contributed by atoms with Crippen molar-refractivity contribution >= 4 is 23.3 Å². The maximum Gasteiger partial charge on any atom is 0.323 e. The quantitative estimate of drug-likeness (QED) is 0.187. The fourth-order valence-electron chi connectivity index (χ4n) is 5.34. The molecule has 0 aliphatic heterocycles. The highest BCUT2D eigenvalue weighted by molar-refractivity contribution is 6.02. The van der Waals surface area contributed by atoms with E-state index >= 15 is 0 Å². The molecule has 0 spiro atoms. The Morgan fingerprint density at radius 2 is 1.14 bits per heavy atom. The molecule has 6 heteroatoms. The standard InChI is InChI=1S/C36H31N3O3/c40-35(37-31-22-27-16-10-11-17-28(27)23-31)32-24-30(39-36(41)38-29-18-8-3-9-19-29)20-21-33(32)42-34(25-12-4-1-5-13-25)26-14-6-2-7-15-26/h1-21,24,31,34H,22-23H2,(H,37,40)(H2,38,39,41). The van der Waals surface area contributed by atoms with E-state index in [1.54, 1.807) is 18.2 Å². The van der Waals surface area contributed by atoms with Crippen molar-refractivity contribution in [3.63, 3.8) is 0 Å². The fourth-order valence-corrected chi connectivity index (χ4v) is 5.34. The second-order valence-electron chi connectivity index (χ2n) is 10.3. The number of benzene rings is 5. The molecule has 6 nitrogen and oxygen atoms in total. The zero-order valence-corrected chi connectivity index (χ0v) is 23.0. The second kappa shape index (κ2) is 12.4. The van der Waals surface area contributed by atoms with Crippen LogP contribution in [0, 0.1) is 0 Å². The summed E-state index contributed by atoms with van der Waals surface area (Å²) in [5.74, 6) is 0.171. The Morgan fingerprint density at radius 3 is 1.74 bits per heavy atom. The van der Waals surface area contributed by atoms with Crippen LogP contribution in [0.4, 0.5) is 16.2 Å². The predicted molar refractivity (Wildman–Crippen MR) is 166 cm³/mol. The Hall–Kier alpha value is -5.36. The zero-order valence-electron chi connectivity index (χ0n) is 23.0. The summed E-state index contributed by atoms with van der Waals surface area (Å²) in [6, 6.07) is 42.0. The van der Waals surface area contributed by atoms with Crippen molar-refractivity contribution in [1.82, 2.24) is 5.32 Å². The lowest BCUT2D eigenvalue weighted by Gasteiger charge is -2.23. The first kappa shape index (κ1) is 26.8. The first-order valence-electron chi connectivity index (χ1n) is 14.0. The van der Waals surface area contributed by atoms with Crippen LogP contribution >= 0.6 is 0 Å². The van der Waals surface area contributed by atoms with Crippen LogP contribution in [-0.4, -0.2) is 18.0 Å². The van der Waals surface area contributed by atoms with Gasteiger partial charge in [0, 0.05) is 17.4 Å². The minimum absolute atomic E-state index is 0.0280. The number of hydrogen-bond acceptors (Lipinski definition) is 3. The summed E-state index contributed by atoms with van der Waals surface area (Å²) < 4.78 is 6.63. The number of para-hydroxylation sites is 1. The maximum absolute atomic E-state index is 13.8. The summed E-state index contributed by atoms with van der Waals surface area (Å²) in [6.07, 6.45) is 1.10. The maximum atomic E-state index is 13.8. The normalized spacial score (nSPS) is 12.4. The molecule has 0 bridgehead atoms. The van der Waals surface area contributed by atoms with Crippen molar-refractivity contribution < 1.29 is 14.3 Å². The van der Waals surface area contributed by atoms with Crippen LogP contribution in [0.1, 0.15) is 38.7 Å². The average Bonchev–Trinajstić information content (AvgIpc) is 3.44. The van der Waals surface area contributed by atoms with Gasteiger partial charge < -0.3 is 20.7 Å². The van der Waals surface area contributed by atoms with Gasteiger partial charge in [0.2, 0.25) is 0 Å². The highest BCUT2D eigenvalue weighted by atomic mass is 16.5. The molecule has 0 unspecified atom stereocenters. The van der Waals surface area contributed by atoms with Gasteiger partial charge in [-0.3, -0.25) is 4.79 Å². The number of anilines is 2. The summed E-state index contributed by atoms with van der Waals surface area (Å²) in [6.45, 7) is 0. The van der Waals surface area contributed by atoms with Gasteiger partial charge in [-0.25, -0.2) is 4.79 Å². The van der Waals surface area contributed by atoms with E-state index in [9.17, 15) is 9.59 Å². The molecule has 5 aromatic carbocycles. The van der Waals surface area contributed by atoms with Crippen molar-refractivity contribution in [3.8, 4) is 5.75 Å². The third-order valence-corrected chi connectivity index (χ3v) is 7.35. The second-order valence-corrected chi connectivity index (χ2v) is 10.3. The summed E-state index contributed by atoms with van der Waals surface area (Å²) in [7, 11) is 0. The zero-order chi connectivity index (χ0) is 28.7. The average molecular weight is 554 g/mol. The Labute approximate surface area is 245 Å². The minimum Gasteiger partial charge on any atom is -0.480 e. The van der Waals surface area contributed by atoms with Gasteiger partial charge in [0.1, 0.15) is 11.9 Å². The molecule has 1 aliphatic carbocycles. The topological polar surface area (TPSA) is 79.5 Å². The largest absolute Gasteiger partial charge is 0.480 e. The van der Waals surface area contributed by atoms with Crippen molar-refractivity contribution in [1.29, 1.82) is 0 Å². The highest BCUT2D eigenvalue weighted by Gasteiger charge is 2.26. The molecule has 0 saturated heterocycles. The summed E-state index contributed by atoms with van der Waals surface area (Å²) in [5, 5.41) is 8.88. The summed E-state index contributed by atoms with van der Waals surface area (Å²) in [5.41, 5.74) is 5.92. The smallest absolute Gasteiger partial charge is 0.323 e. The monoisotopic (exact) mass is 553 g/mol. The van der Waals surface area contributed by atoms with Gasteiger partial charge in [0.05, 0.1) is 5.56 Å². The summed E-state index contributed by atoms with van der Waals surface area (Å²) >= 11 is 0. The lowest BCUT2D eigenvalue weighted by atomic mass is 10.0. The first-order valence-corrected chi connectivity index (χ1v) is 14.0. The van der Waals surface area contributed by atoms with Gasteiger partial charge >= 0.3 is 6.03 Å². The van der Waals surface area contributed by atoms with Crippen molar-refractivity contribution in [2.24, 2.45) is 0 Å². The lowest BCUT2D eigenvalue weighted by molar-refractivity contribution is 0.0932. The number of urea groups is 1. The fraction of sp³-hybridized carbons (Fsp3) is 0.111. The molecule has 0 atom stereocenters. The molecule has 0 radical (unpaired) electrons. The van der Waals surface area contributed by atoms with Crippen LogP contribution < -0.4 is 20.7 Å². The molecule has 3 amide bonds. The minimum atomic E-state index is -0.435. The van der Waals surface area contributed by atoms with E-state index in [1.807, 2.05) is 103 Å². The molecule has 6 rings (SSSR count). The van der Waals surface area contributed by atoms with Crippen LogP contribution in [0.2, 0.25) is 0 Å². The van der Waals surface area contributed by atoms with Crippen molar-refractivity contribution in [2.45, 2.75) is 25.0 Å². The molecular weight excluding hydrogens is 522 g/mol. The van der Waals surface area contributed by atoms with Crippen molar-refractivity contribution in [2.75, 3.05) is 10.6 Å². The third kappa shape index (κ3) is 6.34. The van der Waals surface area contributed by atoms with Gasteiger partial charge in [-0.15, -0.1) is 0 Å². The van der Waals surface area contributed by atoms with Gasteiger partial charge in [0.25, 0.3) is 5.91 Å². The Balaban J connectivity index is 1.29. The number of ether oxygens (including phenoxy) is 1. The number of rotatable bonds is 8. The number of nitrogens with one attached hydrogen (secondary N) is 3. The van der Waals surface area contributed by atoms with Gasteiger partial charge in [0.15, 0.2) is 0 Å². The number of hydrogen-bond donors (Lipinski definition) is 3. The number of carbonyl (C=O) groups is 2. The molecule has 0 aromatic heterocycles. The SMILES string of the molecule is O=C(Nc1ccccc1)Nc1ccc(OC(c2ccccc2)c2ccccc2)c(C(=O)NC2Cc3ccccc3C2)c1. The van der Waals surface area contributed by atoms with Crippen LogP contribution in [0.5, 0.6) is 5.75 Å². The van der Waals surface area contributed by atoms with Gasteiger partial charge in [-0.1, -0.05) is 103 Å². The molecule has 0 saturated carbocycles. The van der Waals surface area contributed by atoms with Crippen LogP contribution in [0.15, 0.2) is 133 Å². The van der Waals surface area contributed by atoms with E-state index < -0.39 is 12.1 Å². The number of amides is 3. The van der Waals surface area contributed by atoms with E-state index in [0.717, 1.165) is 24.0 Å². The lowest BCUT2D eigenvalue weighted by Crippen LogP contribution is -2.35. The molecule has 1 aliphatic rings. The predicted octanol–water partition coefficient (Wildman–Crippen LogP) is 7.40. The molecule has 0 fully saturated rings. The van der Waals surface area contributed by atoms with Crippen LogP contribution in [-0.2, 0) is 12.8 Å². The highest BCUT2D eigenvalue weighted by Crippen LogP contribution is 2.32. The van der Waals surface area contributed by atoms with Crippen LogP contribution in [0.3, 0.4) is 0 Å². The van der Waals surface area contributed by atoms with E-state index in [2.05, 4.69) is 28.1 Å². The Morgan fingerprint density at radius 1 is 0.619 bits per heavy atom. The van der Waals surface area contributed by atoms with Gasteiger partial charge in [-0.2, -0.15) is 0 Å². The van der Waals surface area contributed by atoms with E-state index in [1.165, 1.54) is 11.1 Å². The number of carbonyl (C=O) groups excluding carboxylic acids is 2. The van der Waals surface area contributed by atoms with E-state index in [0.29, 0.717) is 22.7 Å². The number of fused-ring (bicyclic) bond motifs is 1.